The lowest BCUT2D eigenvalue weighted by Crippen LogP contribution is -2.38. The van der Waals surface area contributed by atoms with Crippen LogP contribution in [-0.2, 0) is 4.79 Å². The minimum atomic E-state index is -0.0932. The molecule has 4 rings (SSSR count). The van der Waals surface area contributed by atoms with Crippen LogP contribution in [0.2, 0.25) is 0 Å². The molecule has 2 heterocycles. The average molecular weight is 378 g/mol. The molecule has 1 aliphatic rings. The van der Waals surface area contributed by atoms with E-state index >= 15 is 0 Å². The molecule has 3 aromatic rings. The Kier molecular flexibility index (Phi) is 4.81. The summed E-state index contributed by atoms with van der Waals surface area (Å²) in [5.41, 5.74) is 2.14. The minimum Gasteiger partial charge on any atom is -0.482 e. The van der Waals surface area contributed by atoms with Gasteiger partial charge in [0.2, 0.25) is 0 Å². The van der Waals surface area contributed by atoms with Gasteiger partial charge >= 0.3 is 0 Å². The molecule has 6 heteroatoms. The van der Waals surface area contributed by atoms with Crippen molar-refractivity contribution in [3.8, 4) is 5.75 Å². The highest BCUT2D eigenvalue weighted by Gasteiger charge is 2.25. The van der Waals surface area contributed by atoms with Gasteiger partial charge in [0, 0.05) is 17.5 Å². The zero-order valence-electron chi connectivity index (χ0n) is 14.8. The van der Waals surface area contributed by atoms with E-state index in [0.717, 1.165) is 15.9 Å². The van der Waals surface area contributed by atoms with Crippen LogP contribution in [0.1, 0.15) is 17.3 Å². The first-order valence-corrected chi connectivity index (χ1v) is 9.73. The predicted molar refractivity (Wildman–Crippen MR) is 107 cm³/mol. The average Bonchev–Trinajstić information content (AvgIpc) is 2.71. The van der Waals surface area contributed by atoms with E-state index in [4.69, 9.17) is 4.74 Å². The quantitative estimate of drug-likeness (QED) is 0.497. The number of ether oxygens (including phenoxy) is 1. The number of ketones is 1. The van der Waals surface area contributed by atoms with Crippen LogP contribution >= 0.6 is 11.8 Å². The fourth-order valence-corrected chi connectivity index (χ4v) is 3.85. The number of benzene rings is 2. The second kappa shape index (κ2) is 7.40. The lowest BCUT2D eigenvalue weighted by Gasteiger charge is -2.28. The van der Waals surface area contributed by atoms with Crippen molar-refractivity contribution in [2.75, 3.05) is 23.8 Å². The minimum absolute atomic E-state index is 0.00756. The number of anilines is 1. The highest BCUT2D eigenvalue weighted by atomic mass is 32.2. The molecule has 5 nitrogen and oxygen atoms in total. The number of likely N-dealkylation sites (N-methyl/N-ethyl adjacent to an activating group) is 1. The highest BCUT2D eigenvalue weighted by Crippen LogP contribution is 2.33. The molecule has 0 spiro atoms. The second-order valence-corrected chi connectivity index (χ2v) is 7.16. The van der Waals surface area contributed by atoms with Crippen LogP contribution in [0.25, 0.3) is 10.9 Å². The van der Waals surface area contributed by atoms with E-state index < -0.39 is 0 Å². The van der Waals surface area contributed by atoms with Crippen molar-refractivity contribution in [2.24, 2.45) is 0 Å². The summed E-state index contributed by atoms with van der Waals surface area (Å²) in [6, 6.07) is 17.1. The van der Waals surface area contributed by atoms with Gasteiger partial charge in [-0.1, -0.05) is 36.0 Å². The lowest BCUT2D eigenvalue weighted by atomic mass is 10.1. The molecule has 0 atom stereocenters. The fourth-order valence-electron chi connectivity index (χ4n) is 3.07. The SMILES string of the molecule is CCN1C(=O)COc2ccc(C(=O)CSc3ccc4ccccc4n3)cc21. The largest absolute Gasteiger partial charge is 0.482 e. The van der Waals surface area contributed by atoms with Crippen LogP contribution in [0.3, 0.4) is 0 Å². The van der Waals surface area contributed by atoms with Gasteiger partial charge in [-0.15, -0.1) is 0 Å². The summed E-state index contributed by atoms with van der Waals surface area (Å²) in [5, 5.41) is 1.89. The first kappa shape index (κ1) is 17.5. The highest BCUT2D eigenvalue weighted by molar-refractivity contribution is 7.99. The van der Waals surface area contributed by atoms with E-state index in [1.165, 1.54) is 11.8 Å². The van der Waals surface area contributed by atoms with Gasteiger partial charge in [-0.25, -0.2) is 4.98 Å². The van der Waals surface area contributed by atoms with Gasteiger partial charge in [0.15, 0.2) is 12.4 Å². The molecule has 0 unspecified atom stereocenters. The Hall–Kier alpha value is -2.86. The molecule has 2 aromatic carbocycles. The number of thioether (sulfide) groups is 1. The Morgan fingerprint density at radius 3 is 2.89 bits per heavy atom. The standard InChI is InChI=1S/C21H18N2O3S/c1-2-23-17-11-15(7-9-19(17)26-12-21(23)25)18(24)13-27-20-10-8-14-5-3-4-6-16(14)22-20/h3-11H,2,12-13H2,1H3. The first-order chi connectivity index (χ1) is 13.2. The smallest absolute Gasteiger partial charge is 0.265 e. The Labute approximate surface area is 161 Å². The van der Waals surface area contributed by atoms with E-state index in [1.807, 2.05) is 43.3 Å². The van der Waals surface area contributed by atoms with Gasteiger partial charge in [-0.3, -0.25) is 9.59 Å². The zero-order chi connectivity index (χ0) is 18.8. The molecule has 0 aliphatic carbocycles. The van der Waals surface area contributed by atoms with Gasteiger partial charge in [0.05, 0.1) is 22.0 Å². The van der Waals surface area contributed by atoms with E-state index in [2.05, 4.69) is 4.98 Å². The summed E-state index contributed by atoms with van der Waals surface area (Å²) >= 11 is 1.41. The summed E-state index contributed by atoms with van der Waals surface area (Å²) in [6.07, 6.45) is 0. The normalized spacial score (nSPS) is 13.4. The number of nitrogens with zero attached hydrogens (tertiary/aromatic N) is 2. The van der Waals surface area contributed by atoms with Gasteiger partial charge in [0.1, 0.15) is 5.75 Å². The number of para-hydroxylation sites is 1. The van der Waals surface area contributed by atoms with Crippen molar-refractivity contribution in [1.82, 2.24) is 4.98 Å². The van der Waals surface area contributed by atoms with E-state index in [9.17, 15) is 9.59 Å². The molecule has 0 fully saturated rings. The van der Waals surface area contributed by atoms with Crippen molar-refractivity contribution in [2.45, 2.75) is 11.9 Å². The molecule has 0 saturated heterocycles. The van der Waals surface area contributed by atoms with Gasteiger partial charge < -0.3 is 9.64 Å². The predicted octanol–water partition coefficient (Wildman–Crippen LogP) is 3.96. The summed E-state index contributed by atoms with van der Waals surface area (Å²) < 4.78 is 5.45. The van der Waals surface area contributed by atoms with Crippen molar-refractivity contribution in [3.05, 3.63) is 60.2 Å². The monoisotopic (exact) mass is 378 g/mol. The van der Waals surface area contributed by atoms with Crippen LogP contribution < -0.4 is 9.64 Å². The van der Waals surface area contributed by atoms with Crippen LogP contribution in [0.15, 0.2) is 59.6 Å². The van der Waals surface area contributed by atoms with Crippen LogP contribution in [0, 0.1) is 0 Å². The molecule has 27 heavy (non-hydrogen) atoms. The maximum Gasteiger partial charge on any atom is 0.265 e. The maximum atomic E-state index is 12.7. The molecular weight excluding hydrogens is 360 g/mol. The summed E-state index contributed by atoms with van der Waals surface area (Å²) in [7, 11) is 0. The topological polar surface area (TPSA) is 59.5 Å². The molecule has 136 valence electrons. The third-order valence-electron chi connectivity index (χ3n) is 4.46. The molecule has 0 saturated carbocycles. The van der Waals surface area contributed by atoms with Gasteiger partial charge in [0.25, 0.3) is 5.91 Å². The number of fused-ring (bicyclic) bond motifs is 2. The Balaban J connectivity index is 1.51. The number of amides is 1. The van der Waals surface area contributed by atoms with Crippen molar-refractivity contribution >= 4 is 40.0 Å². The molecule has 0 N–H and O–H groups in total. The summed E-state index contributed by atoms with van der Waals surface area (Å²) in [6.45, 7) is 2.49. The van der Waals surface area contributed by atoms with Gasteiger partial charge in [-0.2, -0.15) is 0 Å². The number of carbonyl (C=O) groups excluding carboxylic acids is 2. The lowest BCUT2D eigenvalue weighted by molar-refractivity contribution is -0.121. The molecular formula is C21H18N2O3S. The third-order valence-corrected chi connectivity index (χ3v) is 5.39. The molecule has 0 bridgehead atoms. The molecule has 1 aliphatic heterocycles. The number of carbonyl (C=O) groups is 2. The number of hydrogen-bond donors (Lipinski definition) is 0. The number of aromatic nitrogens is 1. The Bertz CT molecular complexity index is 1030. The summed E-state index contributed by atoms with van der Waals surface area (Å²) in [4.78, 5) is 30.9. The van der Waals surface area contributed by atoms with Gasteiger partial charge in [-0.05, 0) is 37.3 Å². The number of hydrogen-bond acceptors (Lipinski definition) is 5. The zero-order valence-corrected chi connectivity index (χ0v) is 15.7. The fraction of sp³-hybridized carbons (Fsp3) is 0.190. The first-order valence-electron chi connectivity index (χ1n) is 8.74. The number of rotatable bonds is 5. The Morgan fingerprint density at radius 1 is 1.19 bits per heavy atom. The van der Waals surface area contributed by atoms with Crippen molar-refractivity contribution < 1.29 is 14.3 Å². The van der Waals surface area contributed by atoms with Crippen LogP contribution in [0.5, 0.6) is 5.75 Å². The molecule has 1 amide bonds. The van der Waals surface area contributed by atoms with E-state index in [-0.39, 0.29) is 24.1 Å². The molecule has 0 radical (unpaired) electrons. The number of pyridine rings is 1. The van der Waals surface area contributed by atoms with E-state index in [0.29, 0.717) is 23.5 Å². The van der Waals surface area contributed by atoms with Crippen molar-refractivity contribution in [3.63, 3.8) is 0 Å². The molecule has 1 aromatic heterocycles. The Morgan fingerprint density at radius 2 is 2.04 bits per heavy atom. The third kappa shape index (κ3) is 3.53. The maximum absolute atomic E-state index is 12.7. The van der Waals surface area contributed by atoms with Crippen molar-refractivity contribution in [1.29, 1.82) is 0 Å². The summed E-state index contributed by atoms with van der Waals surface area (Å²) in [5.74, 6) is 0.818. The van der Waals surface area contributed by atoms with E-state index in [1.54, 1.807) is 23.1 Å². The van der Waals surface area contributed by atoms with Crippen LogP contribution in [0.4, 0.5) is 5.69 Å². The second-order valence-electron chi connectivity index (χ2n) is 6.16. The number of Topliss-reactive ketones (excluding diaryl/α,β-unsaturated/α-hetero) is 1. The van der Waals surface area contributed by atoms with Crippen LogP contribution in [-0.4, -0.2) is 35.6 Å².